The maximum atomic E-state index is 5.41. The molecule has 0 bridgehead atoms. The second kappa shape index (κ2) is 10.8. The van der Waals surface area contributed by atoms with Gasteiger partial charge in [0, 0.05) is 43.9 Å². The number of benzene rings is 1. The zero-order chi connectivity index (χ0) is 22.3. The molecule has 2 N–H and O–H groups in total. The molecule has 0 unspecified atom stereocenters. The van der Waals surface area contributed by atoms with Crippen molar-refractivity contribution in [3.8, 4) is 5.75 Å². The molecule has 2 aliphatic carbocycles. The average Bonchev–Trinajstić information content (AvgIpc) is 2.82. The van der Waals surface area contributed by atoms with Gasteiger partial charge in [-0.25, -0.2) is 4.98 Å². The third kappa shape index (κ3) is 5.60. The molecule has 4 rings (SSSR count). The highest BCUT2D eigenvalue weighted by Crippen LogP contribution is 2.29. The number of hydrogen-bond acceptors (Lipinski definition) is 6. The van der Waals surface area contributed by atoms with E-state index in [2.05, 4.69) is 47.8 Å². The van der Waals surface area contributed by atoms with E-state index >= 15 is 0 Å². The maximum absolute atomic E-state index is 5.41. The van der Waals surface area contributed by atoms with Crippen LogP contribution in [0.2, 0.25) is 0 Å². The molecule has 1 aromatic heterocycles. The van der Waals surface area contributed by atoms with Gasteiger partial charge in [-0.05, 0) is 57.4 Å². The van der Waals surface area contributed by atoms with Crippen LogP contribution in [0.3, 0.4) is 0 Å². The number of fused-ring (bicyclic) bond motifs is 1. The van der Waals surface area contributed by atoms with Crippen molar-refractivity contribution in [3.63, 3.8) is 0 Å². The highest BCUT2D eigenvalue weighted by atomic mass is 16.5. The van der Waals surface area contributed by atoms with Crippen LogP contribution < -0.4 is 20.3 Å². The Morgan fingerprint density at radius 3 is 2.56 bits per heavy atom. The van der Waals surface area contributed by atoms with E-state index < -0.39 is 0 Å². The molecule has 6 nitrogen and oxygen atoms in total. The molecule has 1 aromatic carbocycles. The van der Waals surface area contributed by atoms with Crippen LogP contribution in [-0.4, -0.2) is 49.8 Å². The van der Waals surface area contributed by atoms with Crippen molar-refractivity contribution in [3.05, 3.63) is 47.2 Å². The number of aromatic nitrogens is 2. The van der Waals surface area contributed by atoms with E-state index in [1.54, 1.807) is 7.11 Å². The minimum atomic E-state index is 0.453. The van der Waals surface area contributed by atoms with Gasteiger partial charge in [-0.15, -0.1) is 0 Å². The second-order valence-electron chi connectivity index (χ2n) is 9.14. The number of nitrogens with zero attached hydrogens (tertiary/aromatic N) is 3. The molecule has 1 fully saturated rings. The number of nitrogens with one attached hydrogen (secondary N) is 2. The first-order valence-corrected chi connectivity index (χ1v) is 12.0. The minimum absolute atomic E-state index is 0.453. The number of methoxy groups -OCH3 is 1. The van der Waals surface area contributed by atoms with Crippen LogP contribution in [0.1, 0.15) is 55.3 Å². The molecule has 32 heavy (non-hydrogen) atoms. The van der Waals surface area contributed by atoms with Gasteiger partial charge in [0.2, 0.25) is 5.95 Å². The van der Waals surface area contributed by atoms with Crippen molar-refractivity contribution in [2.75, 3.05) is 38.0 Å². The van der Waals surface area contributed by atoms with Gasteiger partial charge in [0.15, 0.2) is 0 Å². The van der Waals surface area contributed by atoms with Gasteiger partial charge >= 0.3 is 0 Å². The number of anilines is 2. The molecule has 2 aromatic rings. The first-order chi connectivity index (χ1) is 15.6. The molecule has 2 aliphatic rings. The zero-order valence-corrected chi connectivity index (χ0v) is 19.7. The van der Waals surface area contributed by atoms with Gasteiger partial charge in [-0.3, -0.25) is 0 Å². The summed E-state index contributed by atoms with van der Waals surface area (Å²) in [7, 11) is 5.88. The average molecular weight is 436 g/mol. The maximum Gasteiger partial charge on any atom is 0.225 e. The Hall–Kier alpha value is -2.60. The van der Waals surface area contributed by atoms with E-state index in [1.165, 1.54) is 36.9 Å². The van der Waals surface area contributed by atoms with Crippen molar-refractivity contribution in [1.82, 2.24) is 15.3 Å². The molecule has 1 saturated carbocycles. The lowest BCUT2D eigenvalue weighted by Crippen LogP contribution is -2.37. The van der Waals surface area contributed by atoms with Gasteiger partial charge in [-0.2, -0.15) is 4.98 Å². The molecule has 0 saturated heterocycles. The fourth-order valence-corrected chi connectivity index (χ4v) is 4.86. The van der Waals surface area contributed by atoms with Crippen molar-refractivity contribution in [1.29, 1.82) is 0 Å². The lowest BCUT2D eigenvalue weighted by molar-refractivity contribution is 0.363. The molecule has 172 valence electrons. The summed E-state index contributed by atoms with van der Waals surface area (Å²) < 4.78 is 5.41. The Balaban J connectivity index is 1.26. The predicted molar refractivity (Wildman–Crippen MR) is 133 cm³/mol. The van der Waals surface area contributed by atoms with Crippen molar-refractivity contribution in [2.45, 2.75) is 63.5 Å². The summed E-state index contributed by atoms with van der Waals surface area (Å²) in [6, 6.07) is 9.13. The van der Waals surface area contributed by atoms with Crippen LogP contribution in [0.15, 0.2) is 30.3 Å². The van der Waals surface area contributed by atoms with E-state index in [9.17, 15) is 0 Å². The van der Waals surface area contributed by atoms with E-state index in [1.807, 2.05) is 18.2 Å². The van der Waals surface area contributed by atoms with Crippen LogP contribution in [0.5, 0.6) is 5.75 Å². The lowest BCUT2D eigenvalue weighted by Gasteiger charge is -2.30. The van der Waals surface area contributed by atoms with Crippen LogP contribution in [0.4, 0.5) is 11.8 Å². The lowest BCUT2D eigenvalue weighted by atomic mass is 9.91. The van der Waals surface area contributed by atoms with Crippen LogP contribution in [-0.2, 0) is 12.8 Å². The van der Waals surface area contributed by atoms with E-state index in [-0.39, 0.29) is 0 Å². The van der Waals surface area contributed by atoms with Crippen LogP contribution in [0.25, 0.3) is 6.08 Å². The largest absolute Gasteiger partial charge is 0.496 e. The molecule has 0 atom stereocenters. The molecular formula is C26H37N5O. The summed E-state index contributed by atoms with van der Waals surface area (Å²) in [5.74, 6) is 2.82. The summed E-state index contributed by atoms with van der Waals surface area (Å²) in [5, 5.41) is 7.33. The molecule has 1 heterocycles. The van der Waals surface area contributed by atoms with Gasteiger partial charge in [0.05, 0.1) is 12.8 Å². The fraction of sp³-hybridized carbons (Fsp3) is 0.538. The first-order valence-electron chi connectivity index (χ1n) is 12.0. The Bertz CT molecular complexity index is 918. The van der Waals surface area contributed by atoms with Gasteiger partial charge in [0.25, 0.3) is 0 Å². The first kappa shape index (κ1) is 22.6. The molecule has 0 spiro atoms. The van der Waals surface area contributed by atoms with Gasteiger partial charge in [0.1, 0.15) is 11.6 Å². The Kier molecular flexibility index (Phi) is 7.63. The van der Waals surface area contributed by atoms with Crippen molar-refractivity contribution >= 4 is 17.8 Å². The number of aryl methyl sites for hydroxylation is 1. The smallest absolute Gasteiger partial charge is 0.225 e. The number of rotatable bonds is 8. The van der Waals surface area contributed by atoms with Gasteiger partial charge < -0.3 is 20.3 Å². The Morgan fingerprint density at radius 2 is 1.78 bits per heavy atom. The summed E-state index contributed by atoms with van der Waals surface area (Å²) in [6.45, 7) is 0.876. The predicted octanol–water partition coefficient (Wildman–Crippen LogP) is 4.46. The normalized spacial score (nSPS) is 20.7. The number of para-hydroxylation sites is 1. The standard InChI is InChI=1S/C26H37N5O/c1-31(2)25-22-11-5-6-12-23(22)29-26(30-25)28-21-16-14-20(15-17-21)27-18-8-10-19-9-4-7-13-24(19)32-3/h4,7-10,13,20-21,27H,5-6,11-12,14-18H2,1-3H3,(H,28,29,30). The molecule has 0 amide bonds. The molecule has 0 radical (unpaired) electrons. The van der Waals surface area contributed by atoms with Crippen molar-refractivity contribution < 1.29 is 4.74 Å². The zero-order valence-electron chi connectivity index (χ0n) is 19.7. The third-order valence-electron chi connectivity index (χ3n) is 6.61. The number of ether oxygens (including phenoxy) is 1. The Morgan fingerprint density at radius 1 is 1.03 bits per heavy atom. The topological polar surface area (TPSA) is 62.3 Å². The van der Waals surface area contributed by atoms with E-state index in [0.29, 0.717) is 12.1 Å². The highest BCUT2D eigenvalue weighted by Gasteiger charge is 2.23. The summed E-state index contributed by atoms with van der Waals surface area (Å²) in [6.07, 6.45) is 13.6. The fourth-order valence-electron chi connectivity index (χ4n) is 4.86. The Labute approximate surface area is 192 Å². The quantitative estimate of drug-likeness (QED) is 0.639. The molecule has 6 heteroatoms. The summed E-state index contributed by atoms with van der Waals surface area (Å²) in [5.41, 5.74) is 3.71. The van der Waals surface area contributed by atoms with Crippen LogP contribution in [0, 0.1) is 0 Å². The molecular weight excluding hydrogens is 398 g/mol. The summed E-state index contributed by atoms with van der Waals surface area (Å²) in [4.78, 5) is 11.9. The van der Waals surface area contributed by atoms with Crippen LogP contribution >= 0.6 is 0 Å². The third-order valence-corrected chi connectivity index (χ3v) is 6.61. The van der Waals surface area contributed by atoms with Crippen molar-refractivity contribution in [2.24, 2.45) is 0 Å². The van der Waals surface area contributed by atoms with E-state index in [0.717, 1.165) is 55.3 Å². The number of hydrogen-bond donors (Lipinski definition) is 2. The molecule has 0 aliphatic heterocycles. The highest BCUT2D eigenvalue weighted by molar-refractivity contribution is 5.57. The minimum Gasteiger partial charge on any atom is -0.496 e. The SMILES string of the molecule is COc1ccccc1C=CCNC1CCC(Nc2nc3c(c(N(C)C)n2)CCCC3)CC1. The summed E-state index contributed by atoms with van der Waals surface area (Å²) >= 11 is 0. The monoisotopic (exact) mass is 435 g/mol. The van der Waals surface area contributed by atoms with Gasteiger partial charge in [-0.1, -0.05) is 30.4 Å². The second-order valence-corrected chi connectivity index (χ2v) is 9.14. The van der Waals surface area contributed by atoms with E-state index in [4.69, 9.17) is 14.7 Å².